The van der Waals surface area contributed by atoms with Crippen LogP contribution >= 0.6 is 27.3 Å². The van der Waals surface area contributed by atoms with E-state index in [1.54, 1.807) is 17.4 Å². The molecular weight excluding hydrogens is 322 g/mol. The zero-order valence-corrected chi connectivity index (χ0v) is 12.3. The number of halogens is 1. The standard InChI is InChI=1S/C14H10BrN3S/c15-10-6-7-19-13(10)14-17-11(8-12(16)18-14)9-4-2-1-3-5-9/h1-8H,(H2,16,17,18). The summed E-state index contributed by atoms with van der Waals surface area (Å²) in [7, 11) is 0. The molecule has 2 aromatic heterocycles. The second-order valence-corrected chi connectivity index (χ2v) is 5.74. The lowest BCUT2D eigenvalue weighted by atomic mass is 10.1. The van der Waals surface area contributed by atoms with Crippen molar-refractivity contribution in [2.75, 3.05) is 5.73 Å². The number of benzene rings is 1. The molecule has 94 valence electrons. The molecule has 0 saturated heterocycles. The second kappa shape index (κ2) is 5.11. The van der Waals surface area contributed by atoms with E-state index < -0.39 is 0 Å². The smallest absolute Gasteiger partial charge is 0.173 e. The van der Waals surface area contributed by atoms with Crippen molar-refractivity contribution < 1.29 is 0 Å². The fourth-order valence-corrected chi connectivity index (χ4v) is 3.26. The number of nitrogens with two attached hydrogens (primary N) is 1. The van der Waals surface area contributed by atoms with Crippen molar-refractivity contribution in [3.05, 3.63) is 52.3 Å². The van der Waals surface area contributed by atoms with Crippen molar-refractivity contribution >= 4 is 33.1 Å². The molecule has 0 atom stereocenters. The molecular formula is C14H10BrN3S. The fourth-order valence-electron chi connectivity index (χ4n) is 1.78. The van der Waals surface area contributed by atoms with E-state index in [1.807, 2.05) is 41.8 Å². The van der Waals surface area contributed by atoms with Crippen LogP contribution in [0.1, 0.15) is 0 Å². The first-order valence-electron chi connectivity index (χ1n) is 5.67. The number of aromatic nitrogens is 2. The molecule has 3 nitrogen and oxygen atoms in total. The molecule has 0 saturated carbocycles. The van der Waals surface area contributed by atoms with Gasteiger partial charge in [0.05, 0.1) is 10.6 Å². The van der Waals surface area contributed by atoms with Crippen LogP contribution in [0.25, 0.3) is 22.0 Å². The van der Waals surface area contributed by atoms with Gasteiger partial charge in [0.15, 0.2) is 5.82 Å². The van der Waals surface area contributed by atoms with E-state index in [-0.39, 0.29) is 0 Å². The Hall–Kier alpha value is -1.72. The summed E-state index contributed by atoms with van der Waals surface area (Å²) in [5.41, 5.74) is 7.76. The maximum absolute atomic E-state index is 5.89. The predicted octanol–water partition coefficient (Wildman–Crippen LogP) is 4.22. The Morgan fingerprint density at radius 2 is 1.84 bits per heavy atom. The van der Waals surface area contributed by atoms with E-state index in [2.05, 4.69) is 25.9 Å². The number of anilines is 1. The predicted molar refractivity (Wildman–Crippen MR) is 82.9 cm³/mol. The van der Waals surface area contributed by atoms with Crippen molar-refractivity contribution in [2.45, 2.75) is 0 Å². The highest BCUT2D eigenvalue weighted by Gasteiger charge is 2.11. The Balaban J connectivity index is 2.14. The topological polar surface area (TPSA) is 51.8 Å². The van der Waals surface area contributed by atoms with Gasteiger partial charge >= 0.3 is 0 Å². The summed E-state index contributed by atoms with van der Waals surface area (Å²) in [6.07, 6.45) is 0. The molecule has 0 amide bonds. The van der Waals surface area contributed by atoms with Gasteiger partial charge in [0.25, 0.3) is 0 Å². The van der Waals surface area contributed by atoms with Crippen LogP contribution in [0.3, 0.4) is 0 Å². The minimum absolute atomic E-state index is 0.476. The number of hydrogen-bond acceptors (Lipinski definition) is 4. The maximum Gasteiger partial charge on any atom is 0.173 e. The largest absolute Gasteiger partial charge is 0.384 e. The summed E-state index contributed by atoms with van der Waals surface area (Å²) in [6, 6.07) is 13.7. The summed E-state index contributed by atoms with van der Waals surface area (Å²) in [6.45, 7) is 0. The van der Waals surface area contributed by atoms with Gasteiger partial charge in [-0.2, -0.15) is 0 Å². The van der Waals surface area contributed by atoms with Gasteiger partial charge in [-0.1, -0.05) is 30.3 Å². The van der Waals surface area contributed by atoms with Crippen molar-refractivity contribution in [1.29, 1.82) is 0 Å². The van der Waals surface area contributed by atoms with E-state index >= 15 is 0 Å². The molecule has 0 unspecified atom stereocenters. The zero-order chi connectivity index (χ0) is 13.2. The maximum atomic E-state index is 5.89. The summed E-state index contributed by atoms with van der Waals surface area (Å²) in [4.78, 5) is 9.90. The Bertz CT molecular complexity index is 710. The average Bonchev–Trinajstić information content (AvgIpc) is 2.85. The van der Waals surface area contributed by atoms with Crippen LogP contribution in [-0.4, -0.2) is 9.97 Å². The van der Waals surface area contributed by atoms with Crippen molar-refractivity contribution in [1.82, 2.24) is 9.97 Å². The molecule has 2 heterocycles. The Kier molecular flexibility index (Phi) is 3.31. The third-order valence-corrected chi connectivity index (χ3v) is 4.47. The van der Waals surface area contributed by atoms with Crippen molar-refractivity contribution in [2.24, 2.45) is 0 Å². The van der Waals surface area contributed by atoms with Crippen LogP contribution in [0.4, 0.5) is 5.82 Å². The van der Waals surface area contributed by atoms with Crippen LogP contribution in [0.2, 0.25) is 0 Å². The highest BCUT2D eigenvalue weighted by Crippen LogP contribution is 2.32. The number of nitrogen functional groups attached to an aromatic ring is 1. The summed E-state index contributed by atoms with van der Waals surface area (Å²) in [5, 5.41) is 1.99. The van der Waals surface area contributed by atoms with Crippen molar-refractivity contribution in [3.63, 3.8) is 0 Å². The molecule has 0 spiro atoms. The molecule has 0 aliphatic rings. The quantitative estimate of drug-likeness (QED) is 0.764. The summed E-state index contributed by atoms with van der Waals surface area (Å²) < 4.78 is 0.988. The number of thiophene rings is 1. The molecule has 3 rings (SSSR count). The Labute approximate surface area is 123 Å². The highest BCUT2D eigenvalue weighted by atomic mass is 79.9. The molecule has 3 aromatic rings. The lowest BCUT2D eigenvalue weighted by molar-refractivity contribution is 1.20. The SMILES string of the molecule is Nc1cc(-c2ccccc2)nc(-c2sccc2Br)n1. The number of hydrogen-bond donors (Lipinski definition) is 1. The molecule has 0 aliphatic heterocycles. The van der Waals surface area contributed by atoms with Crippen LogP contribution in [0.15, 0.2) is 52.3 Å². The summed E-state index contributed by atoms with van der Waals surface area (Å²) in [5.74, 6) is 1.13. The lowest BCUT2D eigenvalue weighted by Crippen LogP contribution is -1.97. The summed E-state index contributed by atoms with van der Waals surface area (Å²) >= 11 is 5.09. The second-order valence-electron chi connectivity index (χ2n) is 3.97. The van der Waals surface area contributed by atoms with Gasteiger partial charge in [0.2, 0.25) is 0 Å². The Morgan fingerprint density at radius 3 is 2.53 bits per heavy atom. The molecule has 1 aromatic carbocycles. The van der Waals surface area contributed by atoms with Gasteiger partial charge in [-0.05, 0) is 27.4 Å². The molecule has 0 aliphatic carbocycles. The van der Waals surface area contributed by atoms with Gasteiger partial charge in [0.1, 0.15) is 5.82 Å². The molecule has 0 radical (unpaired) electrons. The minimum Gasteiger partial charge on any atom is -0.384 e. The molecule has 2 N–H and O–H groups in total. The van der Waals surface area contributed by atoms with Gasteiger partial charge in [0, 0.05) is 16.1 Å². The molecule has 19 heavy (non-hydrogen) atoms. The number of rotatable bonds is 2. The third-order valence-electron chi connectivity index (χ3n) is 2.64. The fraction of sp³-hybridized carbons (Fsp3) is 0. The third kappa shape index (κ3) is 2.52. The first-order valence-corrected chi connectivity index (χ1v) is 7.34. The lowest BCUT2D eigenvalue weighted by Gasteiger charge is -2.05. The van der Waals surface area contributed by atoms with E-state index in [0.717, 1.165) is 20.6 Å². The van der Waals surface area contributed by atoms with E-state index in [0.29, 0.717) is 11.6 Å². The van der Waals surface area contributed by atoms with Gasteiger partial charge in [-0.15, -0.1) is 11.3 Å². The van der Waals surface area contributed by atoms with Gasteiger partial charge < -0.3 is 5.73 Å². The first-order chi connectivity index (χ1) is 9.24. The molecule has 5 heteroatoms. The molecule has 0 bridgehead atoms. The first kappa shape index (κ1) is 12.3. The van der Waals surface area contributed by atoms with Crippen LogP contribution in [0, 0.1) is 0 Å². The van der Waals surface area contributed by atoms with Crippen LogP contribution in [0.5, 0.6) is 0 Å². The van der Waals surface area contributed by atoms with Crippen LogP contribution < -0.4 is 5.73 Å². The van der Waals surface area contributed by atoms with Gasteiger partial charge in [-0.25, -0.2) is 9.97 Å². The molecule has 0 fully saturated rings. The zero-order valence-electron chi connectivity index (χ0n) is 9.88. The highest BCUT2D eigenvalue weighted by molar-refractivity contribution is 9.10. The minimum atomic E-state index is 0.476. The average molecular weight is 332 g/mol. The monoisotopic (exact) mass is 331 g/mol. The van der Waals surface area contributed by atoms with E-state index in [9.17, 15) is 0 Å². The van der Waals surface area contributed by atoms with E-state index in [1.165, 1.54) is 0 Å². The normalized spacial score (nSPS) is 10.6. The van der Waals surface area contributed by atoms with Crippen LogP contribution in [-0.2, 0) is 0 Å². The van der Waals surface area contributed by atoms with Crippen molar-refractivity contribution in [3.8, 4) is 22.0 Å². The van der Waals surface area contributed by atoms with E-state index in [4.69, 9.17) is 5.73 Å². The number of nitrogens with zero attached hydrogens (tertiary/aromatic N) is 2. The Morgan fingerprint density at radius 1 is 1.05 bits per heavy atom. The van der Waals surface area contributed by atoms with Gasteiger partial charge in [-0.3, -0.25) is 0 Å².